The van der Waals surface area contributed by atoms with E-state index < -0.39 is 0 Å². The summed E-state index contributed by atoms with van der Waals surface area (Å²) >= 11 is 1.44. The maximum absolute atomic E-state index is 12.7. The highest BCUT2D eigenvalue weighted by Gasteiger charge is 2.23. The lowest BCUT2D eigenvalue weighted by Gasteiger charge is -2.17. The van der Waals surface area contributed by atoms with Crippen molar-refractivity contribution >= 4 is 23.5 Å². The zero-order chi connectivity index (χ0) is 19.5. The summed E-state index contributed by atoms with van der Waals surface area (Å²) in [6, 6.07) is 9.77. The third kappa shape index (κ3) is 3.99. The summed E-state index contributed by atoms with van der Waals surface area (Å²) in [6.45, 7) is 6.56. The quantitative estimate of drug-likeness (QED) is 0.442. The fourth-order valence-corrected chi connectivity index (χ4v) is 4.39. The molecule has 1 aromatic carbocycles. The summed E-state index contributed by atoms with van der Waals surface area (Å²) in [5.74, 6) is 2.15. The van der Waals surface area contributed by atoms with Gasteiger partial charge in [0, 0.05) is 18.7 Å². The van der Waals surface area contributed by atoms with Gasteiger partial charge in [-0.3, -0.25) is 9.36 Å². The van der Waals surface area contributed by atoms with Crippen LogP contribution in [0.4, 0.5) is 5.95 Å². The second kappa shape index (κ2) is 8.22. The summed E-state index contributed by atoms with van der Waals surface area (Å²) in [6.07, 6.45) is 4.01. The van der Waals surface area contributed by atoms with Crippen LogP contribution in [0.2, 0.25) is 0 Å². The van der Waals surface area contributed by atoms with E-state index in [0.717, 1.165) is 46.6 Å². The van der Waals surface area contributed by atoms with E-state index in [9.17, 15) is 4.79 Å². The molecule has 146 valence electrons. The van der Waals surface area contributed by atoms with Gasteiger partial charge in [-0.2, -0.15) is 0 Å². The zero-order valence-corrected chi connectivity index (χ0v) is 17.0. The number of carbonyl (C=O) groups is 1. The minimum atomic E-state index is 0.109. The average molecular weight is 397 g/mol. The van der Waals surface area contributed by atoms with Gasteiger partial charge < -0.3 is 9.32 Å². The van der Waals surface area contributed by atoms with Crippen LogP contribution in [0.25, 0.3) is 0 Å². The van der Waals surface area contributed by atoms with Crippen molar-refractivity contribution < 1.29 is 9.21 Å². The van der Waals surface area contributed by atoms with Crippen molar-refractivity contribution in [3.8, 4) is 0 Å². The van der Waals surface area contributed by atoms with Gasteiger partial charge in [0.15, 0.2) is 10.9 Å². The largest absolute Gasteiger partial charge is 0.467 e. The van der Waals surface area contributed by atoms with Gasteiger partial charge in [0.25, 0.3) is 0 Å². The Morgan fingerprint density at radius 2 is 2.00 bits per heavy atom. The van der Waals surface area contributed by atoms with Gasteiger partial charge in [-0.15, -0.1) is 10.2 Å². The van der Waals surface area contributed by atoms with Crippen LogP contribution in [0.3, 0.4) is 0 Å². The van der Waals surface area contributed by atoms with E-state index in [-0.39, 0.29) is 5.78 Å². The molecule has 1 fully saturated rings. The van der Waals surface area contributed by atoms with E-state index in [1.165, 1.54) is 24.6 Å². The predicted octanol–water partition coefficient (Wildman–Crippen LogP) is 4.11. The molecule has 0 radical (unpaired) electrons. The van der Waals surface area contributed by atoms with Crippen LogP contribution < -0.4 is 4.90 Å². The van der Waals surface area contributed by atoms with Gasteiger partial charge >= 0.3 is 0 Å². The molecule has 6 nitrogen and oxygen atoms in total. The van der Waals surface area contributed by atoms with E-state index in [1.54, 1.807) is 6.26 Å². The minimum Gasteiger partial charge on any atom is -0.467 e. The second-order valence-electron chi connectivity index (χ2n) is 7.17. The number of benzene rings is 1. The Morgan fingerprint density at radius 3 is 2.71 bits per heavy atom. The van der Waals surface area contributed by atoms with Gasteiger partial charge in [0.2, 0.25) is 5.95 Å². The summed E-state index contributed by atoms with van der Waals surface area (Å²) < 4.78 is 7.59. The number of aromatic nitrogens is 3. The van der Waals surface area contributed by atoms with Crippen LogP contribution in [-0.4, -0.2) is 39.4 Å². The Balaban J connectivity index is 1.54. The lowest BCUT2D eigenvalue weighted by atomic mass is 10.0. The van der Waals surface area contributed by atoms with Gasteiger partial charge in [-0.1, -0.05) is 35.5 Å². The Morgan fingerprint density at radius 1 is 1.18 bits per heavy atom. The molecule has 2 aromatic heterocycles. The molecule has 0 amide bonds. The number of aryl methyl sites for hydroxylation is 2. The highest BCUT2D eigenvalue weighted by atomic mass is 32.2. The average Bonchev–Trinajstić information content (AvgIpc) is 3.42. The van der Waals surface area contributed by atoms with Crippen molar-refractivity contribution in [3.05, 3.63) is 59.0 Å². The highest BCUT2D eigenvalue weighted by molar-refractivity contribution is 7.99. The third-order valence-corrected chi connectivity index (χ3v) is 5.96. The van der Waals surface area contributed by atoms with Crippen molar-refractivity contribution in [3.63, 3.8) is 0 Å². The van der Waals surface area contributed by atoms with Crippen LogP contribution in [0.5, 0.6) is 0 Å². The van der Waals surface area contributed by atoms with E-state index in [2.05, 4.69) is 19.7 Å². The van der Waals surface area contributed by atoms with Crippen molar-refractivity contribution in [2.75, 3.05) is 23.7 Å². The first-order valence-corrected chi connectivity index (χ1v) is 10.5. The zero-order valence-electron chi connectivity index (χ0n) is 16.2. The first kappa shape index (κ1) is 18.8. The van der Waals surface area contributed by atoms with E-state index >= 15 is 0 Å². The number of thioether (sulfide) groups is 1. The number of rotatable bonds is 7. The predicted molar refractivity (Wildman–Crippen MR) is 110 cm³/mol. The van der Waals surface area contributed by atoms with Crippen LogP contribution in [0.15, 0.2) is 46.2 Å². The van der Waals surface area contributed by atoms with E-state index in [1.807, 2.05) is 44.2 Å². The van der Waals surface area contributed by atoms with Crippen LogP contribution >= 0.6 is 11.8 Å². The minimum absolute atomic E-state index is 0.109. The molecular weight excluding hydrogens is 372 g/mol. The summed E-state index contributed by atoms with van der Waals surface area (Å²) in [5, 5.41) is 9.55. The van der Waals surface area contributed by atoms with Crippen molar-refractivity contribution in [2.24, 2.45) is 0 Å². The lowest BCUT2D eigenvalue weighted by molar-refractivity contribution is 0.102. The number of anilines is 1. The van der Waals surface area contributed by atoms with Crippen LogP contribution in [0, 0.1) is 13.8 Å². The third-order valence-electron chi connectivity index (χ3n) is 4.99. The fourth-order valence-electron chi connectivity index (χ4n) is 3.57. The van der Waals surface area contributed by atoms with Crippen molar-refractivity contribution in [2.45, 2.75) is 38.4 Å². The monoisotopic (exact) mass is 396 g/mol. The number of hydrogen-bond donors (Lipinski definition) is 0. The second-order valence-corrected chi connectivity index (χ2v) is 8.11. The number of ketones is 1. The Hall–Kier alpha value is -2.54. The Labute approximate surface area is 168 Å². The molecule has 3 heterocycles. The smallest absolute Gasteiger partial charge is 0.228 e. The molecular formula is C21H24N4O2S. The SMILES string of the molecule is Cc1ccc(C(=O)CSc2nnc(N3CCCC3)n2Cc2ccco2)c(C)c1. The molecule has 0 unspecified atom stereocenters. The topological polar surface area (TPSA) is 64.2 Å². The van der Waals surface area contributed by atoms with Crippen LogP contribution in [0.1, 0.15) is 40.1 Å². The number of Topliss-reactive ketones (excluding diaryl/α,β-unsaturated/α-hetero) is 1. The molecule has 3 aromatic rings. The van der Waals surface area contributed by atoms with Crippen molar-refractivity contribution in [1.82, 2.24) is 14.8 Å². The van der Waals surface area contributed by atoms with E-state index in [0.29, 0.717) is 12.3 Å². The van der Waals surface area contributed by atoms with Gasteiger partial charge in [-0.25, -0.2) is 0 Å². The van der Waals surface area contributed by atoms with Gasteiger partial charge in [-0.05, 0) is 44.4 Å². The number of hydrogen-bond acceptors (Lipinski definition) is 6. The molecule has 1 aliphatic heterocycles. The molecule has 0 N–H and O–H groups in total. The highest BCUT2D eigenvalue weighted by Crippen LogP contribution is 2.27. The number of nitrogens with zero attached hydrogens (tertiary/aromatic N) is 4. The fraction of sp³-hybridized carbons (Fsp3) is 0.381. The molecule has 28 heavy (non-hydrogen) atoms. The normalized spacial score (nSPS) is 14.0. The number of furan rings is 1. The molecule has 1 aliphatic rings. The molecule has 0 atom stereocenters. The first-order chi connectivity index (χ1) is 13.6. The first-order valence-electron chi connectivity index (χ1n) is 9.55. The van der Waals surface area contributed by atoms with Crippen molar-refractivity contribution in [1.29, 1.82) is 0 Å². The maximum atomic E-state index is 12.7. The van der Waals surface area contributed by atoms with Gasteiger partial charge in [0.05, 0.1) is 18.6 Å². The molecule has 4 rings (SSSR count). The standard InChI is InChI=1S/C21H24N4O2S/c1-15-7-8-18(16(2)12-15)19(26)14-28-21-23-22-20(24-9-3-4-10-24)25(21)13-17-6-5-11-27-17/h5-8,11-12H,3-4,9-10,13-14H2,1-2H3. The van der Waals surface area contributed by atoms with E-state index in [4.69, 9.17) is 4.42 Å². The molecule has 0 spiro atoms. The number of carbonyl (C=O) groups excluding carboxylic acids is 1. The van der Waals surface area contributed by atoms with Gasteiger partial charge in [0.1, 0.15) is 5.76 Å². The molecule has 0 aliphatic carbocycles. The summed E-state index contributed by atoms with van der Waals surface area (Å²) in [4.78, 5) is 15.0. The molecule has 7 heteroatoms. The maximum Gasteiger partial charge on any atom is 0.228 e. The lowest BCUT2D eigenvalue weighted by Crippen LogP contribution is -2.22. The summed E-state index contributed by atoms with van der Waals surface area (Å²) in [5.41, 5.74) is 2.95. The Bertz CT molecular complexity index is 959. The summed E-state index contributed by atoms with van der Waals surface area (Å²) in [7, 11) is 0. The Kier molecular flexibility index (Phi) is 5.52. The molecule has 1 saturated heterocycles. The van der Waals surface area contributed by atoms with Crippen LogP contribution in [-0.2, 0) is 6.54 Å². The molecule has 0 saturated carbocycles. The molecule has 0 bridgehead atoms.